The van der Waals surface area contributed by atoms with Crippen molar-refractivity contribution >= 4 is 23.5 Å². The summed E-state index contributed by atoms with van der Waals surface area (Å²) in [5.74, 6) is -1.52. The van der Waals surface area contributed by atoms with E-state index in [2.05, 4.69) is 5.32 Å². The van der Waals surface area contributed by atoms with Crippen molar-refractivity contribution in [3.05, 3.63) is 29.8 Å². The Bertz CT molecular complexity index is 553. The second-order valence-corrected chi connectivity index (χ2v) is 5.02. The molecule has 0 aliphatic carbocycles. The third-order valence-electron chi connectivity index (χ3n) is 3.43. The van der Waals surface area contributed by atoms with Gasteiger partial charge in [-0.2, -0.15) is 0 Å². The van der Waals surface area contributed by atoms with Gasteiger partial charge in [0.15, 0.2) is 6.61 Å². The first-order chi connectivity index (χ1) is 10.0. The van der Waals surface area contributed by atoms with Crippen molar-refractivity contribution in [2.24, 2.45) is 5.92 Å². The first-order valence-electron chi connectivity index (χ1n) is 6.75. The molecule has 6 nitrogen and oxygen atoms in total. The lowest BCUT2D eigenvalue weighted by atomic mass is 10.1. The molecule has 1 aromatic rings. The van der Waals surface area contributed by atoms with Crippen LogP contribution in [0.15, 0.2) is 24.3 Å². The van der Waals surface area contributed by atoms with Gasteiger partial charge in [-0.25, -0.2) is 0 Å². The van der Waals surface area contributed by atoms with Crippen LogP contribution in [0.1, 0.15) is 12.0 Å². The summed E-state index contributed by atoms with van der Waals surface area (Å²) in [4.78, 5) is 36.5. The second-order valence-electron chi connectivity index (χ2n) is 5.02. The molecule has 1 atom stereocenters. The smallest absolute Gasteiger partial charge is 0.311 e. The van der Waals surface area contributed by atoms with Gasteiger partial charge in [0, 0.05) is 25.7 Å². The average molecular weight is 290 g/mol. The number of benzene rings is 1. The number of aryl methyl sites for hydroxylation is 1. The van der Waals surface area contributed by atoms with E-state index in [0.29, 0.717) is 0 Å². The number of esters is 1. The summed E-state index contributed by atoms with van der Waals surface area (Å²) >= 11 is 0. The number of ether oxygens (including phenoxy) is 1. The fourth-order valence-corrected chi connectivity index (χ4v) is 2.17. The molecule has 1 fully saturated rings. The van der Waals surface area contributed by atoms with Crippen LogP contribution in [0.3, 0.4) is 0 Å². The summed E-state index contributed by atoms with van der Waals surface area (Å²) in [5.41, 5.74) is 1.87. The van der Waals surface area contributed by atoms with E-state index in [0.717, 1.165) is 11.3 Å². The van der Waals surface area contributed by atoms with Gasteiger partial charge in [-0.3, -0.25) is 14.4 Å². The van der Waals surface area contributed by atoms with Crippen LogP contribution in [-0.2, 0) is 19.1 Å². The van der Waals surface area contributed by atoms with Gasteiger partial charge in [-0.15, -0.1) is 0 Å². The Balaban J connectivity index is 1.97. The molecule has 1 aromatic carbocycles. The number of anilines is 1. The lowest BCUT2D eigenvalue weighted by Gasteiger charge is -2.16. The van der Waals surface area contributed by atoms with E-state index in [1.807, 2.05) is 31.2 Å². The van der Waals surface area contributed by atoms with Crippen LogP contribution in [0.4, 0.5) is 5.69 Å². The van der Waals surface area contributed by atoms with Gasteiger partial charge in [-0.05, 0) is 19.1 Å². The lowest BCUT2D eigenvalue weighted by molar-refractivity contribution is -0.152. The summed E-state index contributed by atoms with van der Waals surface area (Å²) in [6, 6.07) is 7.54. The van der Waals surface area contributed by atoms with Crippen LogP contribution in [0, 0.1) is 12.8 Å². The van der Waals surface area contributed by atoms with Gasteiger partial charge in [0.05, 0.1) is 5.92 Å². The van der Waals surface area contributed by atoms with E-state index in [-0.39, 0.29) is 31.4 Å². The largest absolute Gasteiger partial charge is 0.455 e. The van der Waals surface area contributed by atoms with Gasteiger partial charge in [0.2, 0.25) is 5.91 Å². The average Bonchev–Trinajstić information content (AvgIpc) is 2.87. The Labute approximate surface area is 123 Å². The highest BCUT2D eigenvalue weighted by atomic mass is 16.5. The molecular weight excluding hydrogens is 272 g/mol. The normalized spacial score (nSPS) is 17.7. The van der Waals surface area contributed by atoms with E-state index in [1.54, 1.807) is 4.90 Å². The quantitative estimate of drug-likeness (QED) is 0.826. The molecule has 0 spiro atoms. The maximum absolute atomic E-state index is 12.0. The SMILES string of the molecule is CNC(=O)COC(=O)C1CC(=O)N(c2ccc(C)cc2)C1. The summed E-state index contributed by atoms with van der Waals surface area (Å²) < 4.78 is 4.90. The van der Waals surface area contributed by atoms with E-state index < -0.39 is 11.9 Å². The molecule has 0 bridgehead atoms. The monoisotopic (exact) mass is 290 g/mol. The zero-order valence-corrected chi connectivity index (χ0v) is 12.1. The molecule has 1 heterocycles. The van der Waals surface area contributed by atoms with Crippen LogP contribution in [0.2, 0.25) is 0 Å². The molecule has 1 aliphatic rings. The van der Waals surface area contributed by atoms with Gasteiger partial charge in [-0.1, -0.05) is 17.7 Å². The highest BCUT2D eigenvalue weighted by molar-refractivity contribution is 5.99. The van der Waals surface area contributed by atoms with Crippen molar-refractivity contribution in [3.63, 3.8) is 0 Å². The number of rotatable bonds is 4. The fourth-order valence-electron chi connectivity index (χ4n) is 2.17. The highest BCUT2D eigenvalue weighted by Crippen LogP contribution is 2.26. The molecule has 1 saturated heterocycles. The molecule has 0 aromatic heterocycles. The molecular formula is C15H18N2O4. The minimum atomic E-state index is -0.525. The Morgan fingerprint density at radius 3 is 2.62 bits per heavy atom. The molecule has 1 N–H and O–H groups in total. The number of carbonyl (C=O) groups excluding carboxylic acids is 3. The maximum Gasteiger partial charge on any atom is 0.311 e. The van der Waals surface area contributed by atoms with E-state index in [9.17, 15) is 14.4 Å². The van der Waals surface area contributed by atoms with Crippen molar-refractivity contribution in [1.29, 1.82) is 0 Å². The Morgan fingerprint density at radius 1 is 1.33 bits per heavy atom. The Hall–Kier alpha value is -2.37. The number of hydrogen-bond acceptors (Lipinski definition) is 4. The molecule has 112 valence electrons. The van der Waals surface area contributed by atoms with E-state index in [4.69, 9.17) is 4.74 Å². The third kappa shape index (κ3) is 3.59. The third-order valence-corrected chi connectivity index (χ3v) is 3.43. The fraction of sp³-hybridized carbons (Fsp3) is 0.400. The number of hydrogen-bond donors (Lipinski definition) is 1. The molecule has 21 heavy (non-hydrogen) atoms. The summed E-state index contributed by atoms with van der Waals surface area (Å²) in [5, 5.41) is 2.37. The van der Waals surface area contributed by atoms with Crippen LogP contribution in [0.5, 0.6) is 0 Å². The van der Waals surface area contributed by atoms with E-state index in [1.165, 1.54) is 7.05 Å². The van der Waals surface area contributed by atoms with Crippen LogP contribution < -0.4 is 10.2 Å². The van der Waals surface area contributed by atoms with Gasteiger partial charge < -0.3 is 15.0 Å². The molecule has 2 rings (SSSR count). The number of likely N-dealkylation sites (N-methyl/N-ethyl adjacent to an activating group) is 1. The van der Waals surface area contributed by atoms with Crippen molar-refractivity contribution in [2.45, 2.75) is 13.3 Å². The molecule has 6 heteroatoms. The number of amides is 2. The van der Waals surface area contributed by atoms with Crippen molar-refractivity contribution in [2.75, 3.05) is 25.1 Å². The Kier molecular flexibility index (Phi) is 4.57. The highest BCUT2D eigenvalue weighted by Gasteiger charge is 2.36. The summed E-state index contributed by atoms with van der Waals surface area (Å²) in [7, 11) is 1.47. The molecule has 0 saturated carbocycles. The van der Waals surface area contributed by atoms with Crippen molar-refractivity contribution in [3.8, 4) is 0 Å². The maximum atomic E-state index is 12.0. The number of nitrogens with zero attached hydrogens (tertiary/aromatic N) is 1. The first-order valence-corrected chi connectivity index (χ1v) is 6.75. The van der Waals surface area contributed by atoms with Crippen LogP contribution in [-0.4, -0.2) is 38.0 Å². The summed E-state index contributed by atoms with van der Waals surface area (Å²) in [6.07, 6.45) is 0.112. The van der Waals surface area contributed by atoms with Gasteiger partial charge in [0.1, 0.15) is 0 Å². The van der Waals surface area contributed by atoms with E-state index >= 15 is 0 Å². The van der Waals surface area contributed by atoms with Gasteiger partial charge >= 0.3 is 5.97 Å². The molecule has 1 unspecified atom stereocenters. The second kappa shape index (κ2) is 6.39. The predicted octanol–water partition coefficient (Wildman–Crippen LogP) is 0.637. The van der Waals surface area contributed by atoms with Crippen molar-refractivity contribution in [1.82, 2.24) is 5.32 Å². The zero-order chi connectivity index (χ0) is 15.4. The number of nitrogens with one attached hydrogen (secondary N) is 1. The van der Waals surface area contributed by atoms with Crippen LogP contribution >= 0.6 is 0 Å². The lowest BCUT2D eigenvalue weighted by Crippen LogP contribution is -2.29. The molecule has 1 aliphatic heterocycles. The standard InChI is InChI=1S/C15H18N2O4/c1-10-3-5-12(6-4-10)17-8-11(7-14(17)19)15(20)21-9-13(18)16-2/h3-6,11H,7-9H2,1-2H3,(H,16,18). The predicted molar refractivity (Wildman–Crippen MR) is 76.7 cm³/mol. The first kappa shape index (κ1) is 15.0. The Morgan fingerprint density at radius 2 is 2.00 bits per heavy atom. The van der Waals surface area contributed by atoms with Gasteiger partial charge in [0.25, 0.3) is 5.91 Å². The van der Waals surface area contributed by atoms with Crippen molar-refractivity contribution < 1.29 is 19.1 Å². The minimum absolute atomic E-state index is 0.110. The molecule has 2 amide bonds. The van der Waals surface area contributed by atoms with Crippen LogP contribution in [0.25, 0.3) is 0 Å². The number of carbonyl (C=O) groups is 3. The molecule has 0 radical (unpaired) electrons. The topological polar surface area (TPSA) is 75.7 Å². The minimum Gasteiger partial charge on any atom is -0.455 e. The summed E-state index contributed by atoms with van der Waals surface area (Å²) in [6.45, 7) is 1.94. The zero-order valence-electron chi connectivity index (χ0n) is 12.1.